The number of aliphatic hydroxyl groups is 6. The molecule has 1 saturated heterocycles. The minimum Gasteiger partial charge on any atom is -0.458 e. The Balaban J connectivity index is 1.22. The van der Waals surface area contributed by atoms with Crippen molar-refractivity contribution in [3.8, 4) is 0 Å². The SMILES string of the molecule is C[C@]12CCC3C(CC[C@]4(O)C[C@@H](O[C@@H]5OC(CO)[C@@H](O)C(O)C5O)CC[C@]34C=O)[C@@]1(O)CC[C@@H]2C1=CC(=O)OC1. The average Bonchev–Trinajstić information content (AvgIpc) is 3.48. The van der Waals surface area contributed by atoms with Crippen molar-refractivity contribution in [2.24, 2.45) is 28.6 Å². The highest BCUT2D eigenvalue weighted by molar-refractivity contribution is 5.85. The number of esters is 1. The minimum atomic E-state index is -1.57. The monoisotopic (exact) mass is 566 g/mol. The van der Waals surface area contributed by atoms with Crippen molar-refractivity contribution in [3.05, 3.63) is 11.6 Å². The van der Waals surface area contributed by atoms with E-state index < -0.39 is 65.4 Å². The van der Waals surface area contributed by atoms with E-state index >= 15 is 0 Å². The third kappa shape index (κ3) is 3.85. The van der Waals surface area contributed by atoms with Gasteiger partial charge in [0.1, 0.15) is 37.3 Å². The highest BCUT2D eigenvalue weighted by atomic mass is 16.7. The van der Waals surface area contributed by atoms with Gasteiger partial charge in [-0.2, -0.15) is 0 Å². The zero-order chi connectivity index (χ0) is 28.7. The number of hydrogen-bond acceptors (Lipinski definition) is 11. The van der Waals surface area contributed by atoms with Crippen molar-refractivity contribution in [2.45, 2.75) is 113 Å². The van der Waals surface area contributed by atoms with E-state index in [1.165, 1.54) is 0 Å². The van der Waals surface area contributed by atoms with Crippen molar-refractivity contribution in [1.82, 2.24) is 0 Å². The van der Waals surface area contributed by atoms with Gasteiger partial charge >= 0.3 is 5.97 Å². The molecule has 6 rings (SSSR count). The molecule has 0 aromatic rings. The predicted molar refractivity (Wildman–Crippen MR) is 136 cm³/mol. The quantitative estimate of drug-likeness (QED) is 0.146. The first-order valence-electron chi connectivity index (χ1n) is 14.7. The van der Waals surface area contributed by atoms with Crippen LogP contribution < -0.4 is 0 Å². The maximum absolute atomic E-state index is 13.0. The molecule has 2 aliphatic heterocycles. The molecule has 0 radical (unpaired) electrons. The summed E-state index contributed by atoms with van der Waals surface area (Å²) in [5.41, 5.74) is -3.01. The predicted octanol–water partition coefficient (Wildman–Crippen LogP) is -0.278. The molecule has 13 atom stereocenters. The summed E-state index contributed by atoms with van der Waals surface area (Å²) in [6.07, 6.45) is -0.809. The van der Waals surface area contributed by atoms with Crippen LogP contribution in [0.4, 0.5) is 0 Å². The fraction of sp³-hybridized carbons (Fsp3) is 0.862. The molecule has 11 nitrogen and oxygen atoms in total. The van der Waals surface area contributed by atoms with Crippen LogP contribution >= 0.6 is 0 Å². The van der Waals surface area contributed by atoms with Gasteiger partial charge in [-0.1, -0.05) is 6.92 Å². The highest BCUT2D eigenvalue weighted by Crippen LogP contribution is 2.70. The van der Waals surface area contributed by atoms with E-state index in [1.54, 1.807) is 6.08 Å². The van der Waals surface area contributed by atoms with Gasteiger partial charge in [0.2, 0.25) is 0 Å². The number of aldehydes is 1. The Morgan fingerprint density at radius 2 is 1.75 bits per heavy atom. The summed E-state index contributed by atoms with van der Waals surface area (Å²) in [5, 5.41) is 64.6. The smallest absolute Gasteiger partial charge is 0.331 e. The molecule has 0 amide bonds. The molecule has 11 heteroatoms. The summed E-state index contributed by atoms with van der Waals surface area (Å²) in [6, 6.07) is 0. The molecule has 4 aliphatic carbocycles. The van der Waals surface area contributed by atoms with Crippen LogP contribution in [-0.2, 0) is 23.8 Å². The summed E-state index contributed by atoms with van der Waals surface area (Å²) >= 11 is 0. The van der Waals surface area contributed by atoms with Crippen LogP contribution in [-0.4, -0.2) is 104 Å². The van der Waals surface area contributed by atoms with Gasteiger partial charge in [-0.05, 0) is 74.7 Å². The Kier molecular flexibility index (Phi) is 7.03. The molecule has 0 spiro atoms. The van der Waals surface area contributed by atoms with E-state index in [-0.39, 0.29) is 36.8 Å². The second kappa shape index (κ2) is 9.80. The van der Waals surface area contributed by atoms with E-state index in [0.717, 1.165) is 18.3 Å². The van der Waals surface area contributed by atoms with Crippen LogP contribution in [0.25, 0.3) is 0 Å². The third-order valence-corrected chi connectivity index (χ3v) is 12.0. The lowest BCUT2D eigenvalue weighted by molar-refractivity contribution is -0.322. The van der Waals surface area contributed by atoms with Gasteiger partial charge in [-0.15, -0.1) is 0 Å². The summed E-state index contributed by atoms with van der Waals surface area (Å²) < 4.78 is 16.7. The molecule has 6 N–H and O–H groups in total. The molecule has 40 heavy (non-hydrogen) atoms. The first kappa shape index (κ1) is 28.7. The molecule has 2 heterocycles. The maximum atomic E-state index is 13.0. The minimum absolute atomic E-state index is 0.0283. The Morgan fingerprint density at radius 1 is 1.00 bits per heavy atom. The standard InChI is InChI=1S/C29H42O11/c1-26-6-3-18-19(29(26,37)9-5-17(26)15-10-21(32)38-13-15)4-8-28(36)11-16(2-7-27(18,28)14-31)39-25-24(35)23(34)22(33)20(12-30)40-25/h10,14,16-20,22-25,30,33-37H,2-9,11-13H2,1H3/t16-,17+,18?,19?,20?,22+,23?,24?,25+,26+,27-,28-,29-/m0/s1. The van der Waals surface area contributed by atoms with Crippen molar-refractivity contribution >= 4 is 12.3 Å². The Morgan fingerprint density at radius 3 is 2.42 bits per heavy atom. The van der Waals surface area contributed by atoms with E-state index in [1.807, 2.05) is 0 Å². The highest BCUT2D eigenvalue weighted by Gasteiger charge is 2.71. The number of cyclic esters (lactones) is 1. The lowest BCUT2D eigenvalue weighted by Gasteiger charge is -2.65. The van der Waals surface area contributed by atoms with Gasteiger partial charge in [0, 0.05) is 17.9 Å². The summed E-state index contributed by atoms with van der Waals surface area (Å²) in [5.74, 6) is -0.707. The molecule has 5 unspecified atom stereocenters. The van der Waals surface area contributed by atoms with E-state index in [4.69, 9.17) is 14.2 Å². The molecular formula is C29H42O11. The Labute approximate surface area is 233 Å². The number of fused-ring (bicyclic) bond motifs is 5. The van der Waals surface area contributed by atoms with Gasteiger partial charge in [0.15, 0.2) is 6.29 Å². The van der Waals surface area contributed by atoms with Gasteiger partial charge in [0.25, 0.3) is 0 Å². The van der Waals surface area contributed by atoms with E-state index in [0.29, 0.717) is 44.9 Å². The topological polar surface area (TPSA) is 183 Å². The summed E-state index contributed by atoms with van der Waals surface area (Å²) in [7, 11) is 0. The van der Waals surface area contributed by atoms with Crippen molar-refractivity contribution in [2.75, 3.05) is 13.2 Å². The molecule has 6 aliphatic rings. The van der Waals surface area contributed by atoms with E-state index in [9.17, 15) is 40.2 Å². The van der Waals surface area contributed by atoms with Gasteiger partial charge < -0.3 is 49.6 Å². The third-order valence-electron chi connectivity index (χ3n) is 12.0. The molecular weight excluding hydrogens is 524 g/mol. The zero-order valence-electron chi connectivity index (χ0n) is 22.9. The number of carbonyl (C=O) groups excluding carboxylic acids is 2. The first-order chi connectivity index (χ1) is 18.9. The lowest BCUT2D eigenvalue weighted by atomic mass is 9.41. The van der Waals surface area contributed by atoms with Crippen molar-refractivity contribution < 1.29 is 54.4 Å². The fourth-order valence-electron chi connectivity index (χ4n) is 9.80. The normalized spacial score (nSPS) is 54.1. The van der Waals surface area contributed by atoms with Gasteiger partial charge in [0.05, 0.1) is 29.3 Å². The van der Waals surface area contributed by atoms with Gasteiger partial charge in [-0.3, -0.25) is 0 Å². The average molecular weight is 567 g/mol. The fourth-order valence-corrected chi connectivity index (χ4v) is 9.80. The molecule has 5 fully saturated rings. The van der Waals surface area contributed by atoms with Gasteiger partial charge in [-0.25, -0.2) is 4.79 Å². The maximum Gasteiger partial charge on any atom is 0.331 e. The van der Waals surface area contributed by atoms with Crippen molar-refractivity contribution in [3.63, 3.8) is 0 Å². The zero-order valence-corrected chi connectivity index (χ0v) is 22.9. The number of carbonyl (C=O) groups is 2. The van der Waals surface area contributed by atoms with Crippen LogP contribution in [0.2, 0.25) is 0 Å². The summed E-state index contributed by atoms with van der Waals surface area (Å²) in [4.78, 5) is 24.8. The number of hydrogen-bond donors (Lipinski definition) is 6. The second-order valence-corrected chi connectivity index (χ2v) is 13.4. The van der Waals surface area contributed by atoms with Crippen LogP contribution in [0.15, 0.2) is 11.6 Å². The van der Waals surface area contributed by atoms with Crippen LogP contribution in [0.1, 0.15) is 64.7 Å². The molecule has 4 saturated carbocycles. The molecule has 224 valence electrons. The number of ether oxygens (including phenoxy) is 3. The van der Waals surface area contributed by atoms with Crippen LogP contribution in [0.3, 0.4) is 0 Å². The Hall–Kier alpha value is -1.44. The molecule has 0 bridgehead atoms. The lowest BCUT2D eigenvalue weighted by Crippen LogP contribution is -2.69. The molecule has 0 aromatic carbocycles. The van der Waals surface area contributed by atoms with E-state index in [2.05, 4.69) is 6.92 Å². The molecule has 0 aromatic heterocycles. The van der Waals surface area contributed by atoms with Crippen LogP contribution in [0, 0.1) is 28.6 Å². The van der Waals surface area contributed by atoms with Crippen LogP contribution in [0.5, 0.6) is 0 Å². The summed E-state index contributed by atoms with van der Waals surface area (Å²) in [6.45, 7) is 1.79. The largest absolute Gasteiger partial charge is 0.458 e. The Bertz CT molecular complexity index is 1060. The second-order valence-electron chi connectivity index (χ2n) is 13.4. The number of aliphatic hydroxyl groups excluding tert-OH is 4. The number of rotatable bonds is 5. The first-order valence-corrected chi connectivity index (χ1v) is 14.7. The van der Waals surface area contributed by atoms with Crippen molar-refractivity contribution in [1.29, 1.82) is 0 Å².